The maximum Gasteiger partial charge on any atom is 0.337 e. The van der Waals surface area contributed by atoms with E-state index in [-0.39, 0.29) is 86.8 Å². The van der Waals surface area contributed by atoms with Gasteiger partial charge in [0.25, 0.3) is 20.0 Å². The van der Waals surface area contributed by atoms with Crippen LogP contribution in [0.15, 0.2) is 107 Å². The van der Waals surface area contributed by atoms with Crippen molar-refractivity contribution in [2.45, 2.75) is 9.79 Å². The monoisotopic (exact) mass is 810 g/mol. The van der Waals surface area contributed by atoms with Gasteiger partial charge in [0.2, 0.25) is 0 Å². The summed E-state index contributed by atoms with van der Waals surface area (Å²) in [5, 5.41) is 45.8. The van der Waals surface area contributed by atoms with Crippen LogP contribution in [0.5, 0.6) is 11.5 Å². The Hall–Kier alpha value is -6.27. The zero-order valence-corrected chi connectivity index (χ0v) is 30.1. The van der Waals surface area contributed by atoms with E-state index in [1.54, 1.807) is 0 Å². The molecule has 8 N–H and O–H groups in total. The van der Waals surface area contributed by atoms with Crippen molar-refractivity contribution in [3.8, 4) is 11.5 Å². The first kappa shape index (κ1) is 37.5. The first-order chi connectivity index (χ1) is 25.4. The zero-order valence-electron chi connectivity index (χ0n) is 27.0. The molecule has 6 rings (SSSR count). The van der Waals surface area contributed by atoms with Gasteiger partial charge in [0.1, 0.15) is 11.5 Å². The number of urea groups is 1. The molecular formula is C35H24Cl2N4O11S2. The Bertz CT molecular complexity index is 2610. The Balaban J connectivity index is 1.21. The lowest BCUT2D eigenvalue weighted by Crippen LogP contribution is -2.19. The molecule has 6 aromatic carbocycles. The summed E-state index contributed by atoms with van der Waals surface area (Å²) in [6, 6.07) is 19.4. The van der Waals surface area contributed by atoms with E-state index in [1.807, 2.05) is 0 Å². The number of nitrogens with one attached hydrogen (secondary N) is 4. The lowest BCUT2D eigenvalue weighted by atomic mass is 10.1. The van der Waals surface area contributed by atoms with Crippen molar-refractivity contribution in [3.05, 3.63) is 118 Å². The summed E-state index contributed by atoms with van der Waals surface area (Å²) in [6.07, 6.45) is 0. The third-order valence-electron chi connectivity index (χ3n) is 7.84. The van der Waals surface area contributed by atoms with E-state index in [2.05, 4.69) is 20.1 Å². The maximum absolute atomic E-state index is 13.2. The van der Waals surface area contributed by atoms with Crippen molar-refractivity contribution in [1.29, 1.82) is 0 Å². The number of carboxylic acid groups (broad SMARTS) is 2. The van der Waals surface area contributed by atoms with E-state index in [4.69, 9.17) is 23.2 Å². The van der Waals surface area contributed by atoms with Gasteiger partial charge in [-0.3, -0.25) is 9.44 Å². The molecule has 0 atom stereocenters. The van der Waals surface area contributed by atoms with Crippen LogP contribution in [0, 0.1) is 0 Å². The number of anilines is 4. The molecule has 0 fully saturated rings. The van der Waals surface area contributed by atoms with E-state index < -0.39 is 38.0 Å². The van der Waals surface area contributed by atoms with E-state index in [1.165, 1.54) is 72.8 Å². The van der Waals surface area contributed by atoms with Crippen LogP contribution in [0.25, 0.3) is 21.5 Å². The summed E-state index contributed by atoms with van der Waals surface area (Å²) < 4.78 is 57.3. The number of carbonyl (C=O) groups excluding carboxylic acids is 1. The molecule has 276 valence electrons. The number of aromatic hydroxyl groups is 2. The Morgan fingerprint density at radius 2 is 0.870 bits per heavy atom. The number of phenols is 2. The largest absolute Gasteiger partial charge is 0.507 e. The van der Waals surface area contributed by atoms with Gasteiger partial charge >= 0.3 is 18.0 Å². The average Bonchev–Trinajstić information content (AvgIpc) is 3.09. The Morgan fingerprint density at radius 3 is 1.24 bits per heavy atom. The predicted octanol–water partition coefficient (Wildman–Crippen LogP) is 7.35. The number of aromatic carboxylic acids is 2. The zero-order chi connectivity index (χ0) is 39.1. The van der Waals surface area contributed by atoms with Gasteiger partial charge in [-0.1, -0.05) is 23.2 Å². The van der Waals surface area contributed by atoms with Crippen molar-refractivity contribution in [2.24, 2.45) is 0 Å². The van der Waals surface area contributed by atoms with Gasteiger partial charge in [0, 0.05) is 45.7 Å². The van der Waals surface area contributed by atoms with Gasteiger partial charge in [0.05, 0.1) is 31.0 Å². The number of hydrogen-bond acceptors (Lipinski definition) is 9. The summed E-state index contributed by atoms with van der Waals surface area (Å²) in [6.45, 7) is 0. The normalized spacial score (nSPS) is 11.6. The van der Waals surface area contributed by atoms with Crippen LogP contribution in [0.2, 0.25) is 10.0 Å². The maximum atomic E-state index is 13.2. The molecule has 0 spiro atoms. The van der Waals surface area contributed by atoms with Gasteiger partial charge in [-0.15, -0.1) is 0 Å². The molecule has 0 bridgehead atoms. The van der Waals surface area contributed by atoms with E-state index in [0.29, 0.717) is 0 Å². The molecule has 0 aliphatic carbocycles. The van der Waals surface area contributed by atoms with Gasteiger partial charge in [-0.25, -0.2) is 31.2 Å². The Labute approximate surface area is 315 Å². The topological polar surface area (TPSA) is 249 Å². The second kappa shape index (κ2) is 14.3. The molecule has 15 nitrogen and oxygen atoms in total. The Morgan fingerprint density at radius 1 is 0.500 bits per heavy atom. The van der Waals surface area contributed by atoms with Crippen molar-refractivity contribution < 1.29 is 51.6 Å². The molecule has 0 unspecified atom stereocenters. The minimum absolute atomic E-state index is 0.0871. The molecule has 0 radical (unpaired) electrons. The number of fused-ring (bicyclic) bond motifs is 2. The van der Waals surface area contributed by atoms with Gasteiger partial charge in [-0.2, -0.15) is 0 Å². The van der Waals surface area contributed by atoms with Crippen LogP contribution in [0.1, 0.15) is 20.7 Å². The third-order valence-corrected chi connectivity index (χ3v) is 11.2. The summed E-state index contributed by atoms with van der Waals surface area (Å²) >= 11 is 11.8. The van der Waals surface area contributed by atoms with Gasteiger partial charge in [0.15, 0.2) is 0 Å². The molecule has 0 saturated heterocycles. The molecule has 6 aromatic rings. The minimum Gasteiger partial charge on any atom is -0.507 e. The second-order valence-electron chi connectivity index (χ2n) is 11.5. The summed E-state index contributed by atoms with van der Waals surface area (Å²) in [7, 11) is -8.69. The number of sulfonamides is 2. The standard InChI is InChI=1S/C35H24Cl2N4O11S2/c36-29-7-3-21(13-27(29)33(44)45)40-53(49,50)23-11-17-9-19(1-5-25(17)31(42)15-23)38-35(48)39-20-2-6-26-18(10-20)12-24(16-32(26)43)54(51,52)41-22-4-8-30(37)28(14-22)34(46)47/h1-16,40-43H,(H,44,45)(H,46,47)(H2,38,39,48). The van der Waals surface area contributed by atoms with E-state index in [9.17, 15) is 51.6 Å². The van der Waals surface area contributed by atoms with Crippen molar-refractivity contribution in [3.63, 3.8) is 0 Å². The molecule has 19 heteroatoms. The third kappa shape index (κ3) is 7.88. The molecule has 0 aromatic heterocycles. The number of phenolic OH excluding ortho intramolecular Hbond substituents is 2. The molecule has 0 aliphatic rings. The van der Waals surface area contributed by atoms with Gasteiger partial charge in [-0.05, 0) is 95.7 Å². The summed E-state index contributed by atoms with van der Waals surface area (Å²) in [4.78, 5) is 35.1. The number of benzene rings is 6. The van der Waals surface area contributed by atoms with Crippen molar-refractivity contribution >= 4 is 106 Å². The SMILES string of the molecule is O=C(Nc1ccc2c(O)cc(S(=O)(=O)Nc3ccc(Cl)c(C(=O)O)c3)cc2c1)Nc1ccc2c(O)cc(S(=O)(=O)Nc3ccc(Cl)c(C(=O)O)c3)cc2c1. The van der Waals surface area contributed by atoms with E-state index in [0.717, 1.165) is 24.3 Å². The molecule has 0 saturated carbocycles. The number of carboxylic acids is 2. The van der Waals surface area contributed by atoms with E-state index >= 15 is 0 Å². The highest BCUT2D eigenvalue weighted by molar-refractivity contribution is 7.93. The van der Waals surface area contributed by atoms with Crippen molar-refractivity contribution in [1.82, 2.24) is 0 Å². The van der Waals surface area contributed by atoms with Crippen LogP contribution in [-0.4, -0.2) is 55.2 Å². The number of halogens is 2. The summed E-state index contributed by atoms with van der Waals surface area (Å²) in [5.41, 5.74) is -0.443. The van der Waals surface area contributed by atoms with Crippen molar-refractivity contribution in [2.75, 3.05) is 20.1 Å². The highest BCUT2D eigenvalue weighted by Gasteiger charge is 2.21. The van der Waals surface area contributed by atoms with Crippen LogP contribution >= 0.6 is 23.2 Å². The Kier molecular flexibility index (Phi) is 9.91. The highest BCUT2D eigenvalue weighted by Crippen LogP contribution is 2.34. The smallest absolute Gasteiger partial charge is 0.337 e. The molecule has 0 aliphatic heterocycles. The lowest BCUT2D eigenvalue weighted by molar-refractivity contribution is 0.0686. The van der Waals surface area contributed by atoms with Crippen LogP contribution in [0.4, 0.5) is 27.5 Å². The summed E-state index contributed by atoms with van der Waals surface area (Å²) in [5.74, 6) is -3.51. The first-order valence-electron chi connectivity index (χ1n) is 15.1. The average molecular weight is 812 g/mol. The number of rotatable bonds is 10. The fourth-order valence-corrected chi connectivity index (χ4v) is 7.94. The fourth-order valence-electron chi connectivity index (χ4n) is 5.34. The predicted molar refractivity (Wildman–Crippen MR) is 202 cm³/mol. The molecule has 54 heavy (non-hydrogen) atoms. The van der Waals surface area contributed by atoms with Crippen LogP contribution in [-0.2, 0) is 20.0 Å². The quantitative estimate of drug-likeness (QED) is 0.0679. The molecule has 2 amide bonds. The van der Waals surface area contributed by atoms with Gasteiger partial charge < -0.3 is 31.1 Å². The number of amides is 2. The number of hydrogen-bond donors (Lipinski definition) is 8. The first-order valence-corrected chi connectivity index (χ1v) is 18.9. The molecular weight excluding hydrogens is 787 g/mol. The second-order valence-corrected chi connectivity index (χ2v) is 15.7. The molecule has 0 heterocycles. The fraction of sp³-hybridized carbons (Fsp3) is 0. The van der Waals surface area contributed by atoms with Crippen LogP contribution < -0.4 is 20.1 Å². The van der Waals surface area contributed by atoms with Crippen LogP contribution in [0.3, 0.4) is 0 Å². The minimum atomic E-state index is -4.35. The highest BCUT2D eigenvalue weighted by atomic mass is 35.5. The lowest BCUT2D eigenvalue weighted by Gasteiger charge is -2.13. The number of carbonyl (C=O) groups is 3.